The molecule has 1 saturated heterocycles. The van der Waals surface area contributed by atoms with Crippen molar-refractivity contribution in [2.45, 2.75) is 6.92 Å². The van der Waals surface area contributed by atoms with Gasteiger partial charge in [0.25, 0.3) is 5.91 Å². The molecule has 27 heavy (non-hydrogen) atoms. The van der Waals surface area contributed by atoms with Crippen LogP contribution in [0.4, 0.5) is 10.3 Å². The molecule has 4 rings (SSSR count). The first kappa shape index (κ1) is 17.5. The fourth-order valence-electron chi connectivity index (χ4n) is 3.02. The van der Waals surface area contributed by atoms with E-state index in [1.165, 1.54) is 23.5 Å². The van der Waals surface area contributed by atoms with Crippen LogP contribution in [0.3, 0.4) is 0 Å². The molecule has 1 fully saturated rings. The van der Waals surface area contributed by atoms with Gasteiger partial charge >= 0.3 is 0 Å². The van der Waals surface area contributed by atoms with E-state index in [1.807, 2.05) is 11.8 Å². The molecular weight excluding hydrogens is 365 g/mol. The summed E-state index contributed by atoms with van der Waals surface area (Å²) in [6, 6.07) is 7.95. The van der Waals surface area contributed by atoms with Crippen molar-refractivity contribution in [2.24, 2.45) is 0 Å². The van der Waals surface area contributed by atoms with Gasteiger partial charge in [-0.1, -0.05) is 0 Å². The molecule has 0 N–H and O–H groups in total. The molecule has 0 radical (unpaired) electrons. The van der Waals surface area contributed by atoms with E-state index in [9.17, 15) is 9.18 Å². The maximum Gasteiger partial charge on any atom is 0.265 e. The van der Waals surface area contributed by atoms with Gasteiger partial charge in [0.1, 0.15) is 15.7 Å². The van der Waals surface area contributed by atoms with Gasteiger partial charge in [0.15, 0.2) is 0 Å². The number of nitrogens with zero attached hydrogens (tertiary/aromatic N) is 5. The van der Waals surface area contributed by atoms with E-state index in [2.05, 4.69) is 19.9 Å². The van der Waals surface area contributed by atoms with Gasteiger partial charge in [-0.05, 0) is 37.3 Å². The topological polar surface area (TPSA) is 62.2 Å². The van der Waals surface area contributed by atoms with E-state index < -0.39 is 0 Å². The van der Waals surface area contributed by atoms with E-state index in [0.29, 0.717) is 42.7 Å². The highest BCUT2D eigenvalue weighted by molar-refractivity contribution is 7.17. The number of carbonyl (C=O) groups is 1. The van der Waals surface area contributed by atoms with Crippen LogP contribution in [-0.2, 0) is 0 Å². The molecule has 1 aromatic carbocycles. The Morgan fingerprint density at radius 1 is 1.07 bits per heavy atom. The fourth-order valence-corrected chi connectivity index (χ4v) is 4.06. The standard InChI is InChI=1S/C19H18FN5OS/c1-13-16(27-17(23-13)14-3-5-15(20)6-4-14)18(26)24-9-11-25(12-10-24)19-21-7-2-8-22-19/h2-8H,9-12H2,1H3. The SMILES string of the molecule is Cc1nc(-c2ccc(F)cc2)sc1C(=O)N1CCN(c2ncccn2)CC1. The summed E-state index contributed by atoms with van der Waals surface area (Å²) in [6.07, 6.45) is 3.44. The Hall–Kier alpha value is -2.87. The Labute approximate surface area is 160 Å². The summed E-state index contributed by atoms with van der Waals surface area (Å²) in [7, 11) is 0. The molecule has 3 heterocycles. The van der Waals surface area contributed by atoms with Gasteiger partial charge in [0, 0.05) is 44.1 Å². The molecule has 0 atom stereocenters. The van der Waals surface area contributed by atoms with Gasteiger partial charge in [-0.25, -0.2) is 19.3 Å². The number of benzene rings is 1. The minimum absolute atomic E-state index is 0.00742. The van der Waals surface area contributed by atoms with E-state index in [0.717, 1.165) is 10.6 Å². The maximum atomic E-state index is 13.1. The Morgan fingerprint density at radius 3 is 2.41 bits per heavy atom. The third-order valence-electron chi connectivity index (χ3n) is 4.48. The molecule has 1 aliphatic heterocycles. The number of hydrogen-bond acceptors (Lipinski definition) is 6. The Balaban J connectivity index is 1.47. The molecule has 0 bridgehead atoms. The van der Waals surface area contributed by atoms with Gasteiger partial charge in [0.2, 0.25) is 5.95 Å². The number of aromatic nitrogens is 3. The first-order valence-corrected chi connectivity index (χ1v) is 9.48. The number of hydrogen-bond donors (Lipinski definition) is 0. The first-order chi connectivity index (χ1) is 13.1. The molecule has 6 nitrogen and oxygen atoms in total. The number of aryl methyl sites for hydroxylation is 1. The molecule has 2 aromatic heterocycles. The zero-order valence-electron chi connectivity index (χ0n) is 14.8. The summed E-state index contributed by atoms with van der Waals surface area (Å²) in [6.45, 7) is 4.45. The van der Waals surface area contributed by atoms with Gasteiger partial charge in [0.05, 0.1) is 5.69 Å². The molecule has 0 spiro atoms. The molecule has 138 valence electrons. The second-order valence-electron chi connectivity index (χ2n) is 6.27. The third kappa shape index (κ3) is 3.66. The van der Waals surface area contributed by atoms with Crippen LogP contribution >= 0.6 is 11.3 Å². The molecule has 3 aromatic rings. The lowest BCUT2D eigenvalue weighted by molar-refractivity contribution is 0.0750. The Kier molecular flexibility index (Phi) is 4.81. The Morgan fingerprint density at radius 2 is 1.74 bits per heavy atom. The number of carbonyl (C=O) groups excluding carboxylic acids is 1. The van der Waals surface area contributed by atoms with E-state index in [-0.39, 0.29) is 11.7 Å². The van der Waals surface area contributed by atoms with Crippen molar-refractivity contribution in [1.82, 2.24) is 19.9 Å². The van der Waals surface area contributed by atoms with Crippen LogP contribution in [0.15, 0.2) is 42.7 Å². The largest absolute Gasteiger partial charge is 0.337 e. The lowest BCUT2D eigenvalue weighted by Crippen LogP contribution is -2.49. The zero-order chi connectivity index (χ0) is 18.8. The molecule has 1 aliphatic rings. The smallest absolute Gasteiger partial charge is 0.265 e. The van der Waals surface area contributed by atoms with Gasteiger partial charge in [-0.15, -0.1) is 11.3 Å². The summed E-state index contributed by atoms with van der Waals surface area (Å²) in [5.74, 6) is 0.396. The van der Waals surface area contributed by atoms with E-state index >= 15 is 0 Å². The summed E-state index contributed by atoms with van der Waals surface area (Å²) < 4.78 is 13.1. The quantitative estimate of drug-likeness (QED) is 0.696. The number of thiazole rings is 1. The van der Waals surface area contributed by atoms with Crippen LogP contribution in [0.1, 0.15) is 15.4 Å². The Bertz CT molecular complexity index is 936. The average molecular weight is 383 g/mol. The van der Waals surface area contributed by atoms with Crippen molar-refractivity contribution in [3.63, 3.8) is 0 Å². The van der Waals surface area contributed by atoms with Crippen molar-refractivity contribution in [3.8, 4) is 10.6 Å². The van der Waals surface area contributed by atoms with Crippen LogP contribution in [0, 0.1) is 12.7 Å². The molecule has 1 amide bonds. The van der Waals surface area contributed by atoms with Crippen molar-refractivity contribution in [2.75, 3.05) is 31.1 Å². The molecule has 0 unspecified atom stereocenters. The second-order valence-corrected chi connectivity index (χ2v) is 7.27. The summed E-state index contributed by atoms with van der Waals surface area (Å²) in [5.41, 5.74) is 1.52. The molecular formula is C19H18FN5OS. The highest BCUT2D eigenvalue weighted by atomic mass is 32.1. The minimum Gasteiger partial charge on any atom is -0.337 e. The number of amides is 1. The van der Waals surface area contributed by atoms with Gasteiger partial charge in [-0.3, -0.25) is 4.79 Å². The predicted molar refractivity (Wildman–Crippen MR) is 102 cm³/mol. The number of halogens is 1. The summed E-state index contributed by atoms with van der Waals surface area (Å²) in [4.78, 5) is 30.5. The number of piperazine rings is 1. The highest BCUT2D eigenvalue weighted by Crippen LogP contribution is 2.29. The zero-order valence-corrected chi connectivity index (χ0v) is 15.6. The van der Waals surface area contributed by atoms with Crippen molar-refractivity contribution < 1.29 is 9.18 Å². The van der Waals surface area contributed by atoms with Crippen LogP contribution in [-0.4, -0.2) is 51.9 Å². The van der Waals surface area contributed by atoms with Crippen LogP contribution < -0.4 is 4.90 Å². The lowest BCUT2D eigenvalue weighted by Gasteiger charge is -2.34. The average Bonchev–Trinajstić information content (AvgIpc) is 3.10. The van der Waals surface area contributed by atoms with Gasteiger partial charge in [-0.2, -0.15) is 0 Å². The van der Waals surface area contributed by atoms with E-state index in [1.54, 1.807) is 30.6 Å². The molecule has 8 heteroatoms. The lowest BCUT2D eigenvalue weighted by atomic mass is 10.2. The minimum atomic E-state index is -0.288. The monoisotopic (exact) mass is 383 g/mol. The van der Waals surface area contributed by atoms with Crippen LogP contribution in [0.5, 0.6) is 0 Å². The van der Waals surface area contributed by atoms with Crippen LogP contribution in [0.25, 0.3) is 10.6 Å². The summed E-state index contributed by atoms with van der Waals surface area (Å²) in [5, 5.41) is 0.729. The third-order valence-corrected chi connectivity index (χ3v) is 5.68. The maximum absolute atomic E-state index is 13.1. The number of anilines is 1. The van der Waals surface area contributed by atoms with E-state index in [4.69, 9.17) is 0 Å². The van der Waals surface area contributed by atoms with Gasteiger partial charge < -0.3 is 9.80 Å². The predicted octanol–water partition coefficient (Wildman–Crippen LogP) is 3.01. The fraction of sp³-hybridized carbons (Fsp3) is 0.263. The number of rotatable bonds is 3. The first-order valence-electron chi connectivity index (χ1n) is 8.66. The molecule has 0 saturated carbocycles. The second kappa shape index (κ2) is 7.40. The normalized spacial score (nSPS) is 14.4. The highest BCUT2D eigenvalue weighted by Gasteiger charge is 2.26. The summed E-state index contributed by atoms with van der Waals surface area (Å²) >= 11 is 1.35. The van der Waals surface area contributed by atoms with Crippen molar-refractivity contribution in [3.05, 3.63) is 59.1 Å². The van der Waals surface area contributed by atoms with Crippen molar-refractivity contribution in [1.29, 1.82) is 0 Å². The molecule has 0 aliphatic carbocycles. The van der Waals surface area contributed by atoms with Crippen LogP contribution in [0.2, 0.25) is 0 Å². The van der Waals surface area contributed by atoms with Crippen molar-refractivity contribution >= 4 is 23.2 Å².